The zero-order valence-electron chi connectivity index (χ0n) is 11.5. The molecule has 2 aliphatic rings. The van der Waals surface area contributed by atoms with Crippen LogP contribution in [0.2, 0.25) is 0 Å². The summed E-state index contributed by atoms with van der Waals surface area (Å²) in [5, 5.41) is 10.6. The number of hydrogen-bond acceptors (Lipinski definition) is 3. The van der Waals surface area contributed by atoms with Gasteiger partial charge in [-0.05, 0) is 35.4 Å². The number of carbonyl (C=O) groups excluding carboxylic acids is 2. The van der Waals surface area contributed by atoms with Crippen molar-refractivity contribution in [3.63, 3.8) is 0 Å². The van der Waals surface area contributed by atoms with Crippen LogP contribution in [0.3, 0.4) is 0 Å². The predicted octanol–water partition coefficient (Wildman–Crippen LogP) is 1.57. The molecule has 0 unspecified atom stereocenters. The van der Waals surface area contributed by atoms with Gasteiger partial charge in [0, 0.05) is 23.1 Å². The zero-order chi connectivity index (χ0) is 15.3. The average molecular weight is 292 g/mol. The fourth-order valence-electron chi connectivity index (χ4n) is 2.57. The molecule has 0 saturated heterocycles. The van der Waals surface area contributed by atoms with E-state index in [1.807, 2.05) is 18.2 Å². The van der Waals surface area contributed by atoms with Crippen LogP contribution in [-0.4, -0.2) is 22.0 Å². The fraction of sp³-hybridized carbons (Fsp3) is 0.0625. The third-order valence-electron chi connectivity index (χ3n) is 3.78. The lowest BCUT2D eigenvalue weighted by Crippen LogP contribution is -2.23. The topological polar surface area (TPSA) is 101 Å². The Morgan fingerprint density at radius 3 is 2.91 bits per heavy atom. The van der Waals surface area contributed by atoms with Crippen molar-refractivity contribution in [3.8, 4) is 11.1 Å². The highest BCUT2D eigenvalue weighted by molar-refractivity contribution is 6.14. The smallest absolute Gasteiger partial charge is 0.270 e. The number of nitrogens with one attached hydrogen (secondary N) is 2. The minimum absolute atomic E-state index is 0.225. The molecule has 1 heterocycles. The van der Waals surface area contributed by atoms with Crippen LogP contribution < -0.4 is 11.1 Å². The molecule has 0 spiro atoms. The molecule has 4 N–H and O–H groups in total. The van der Waals surface area contributed by atoms with Crippen molar-refractivity contribution in [2.75, 3.05) is 0 Å². The normalized spacial score (nSPS) is 11.5. The molecule has 0 fully saturated rings. The van der Waals surface area contributed by atoms with Gasteiger partial charge >= 0.3 is 0 Å². The SMILES string of the molecule is NC(=O)c1cccc(CNC(=O)c2[nH]nc3c4cc-4cc23)c1. The number of H-pyrrole nitrogens is 1. The summed E-state index contributed by atoms with van der Waals surface area (Å²) in [6.45, 7) is 0.313. The van der Waals surface area contributed by atoms with Gasteiger partial charge in [0.1, 0.15) is 11.2 Å². The third-order valence-corrected chi connectivity index (χ3v) is 3.78. The lowest BCUT2D eigenvalue weighted by Gasteiger charge is -2.05. The van der Waals surface area contributed by atoms with E-state index < -0.39 is 5.91 Å². The number of amides is 2. The van der Waals surface area contributed by atoms with E-state index in [0.29, 0.717) is 17.8 Å². The largest absolute Gasteiger partial charge is 0.366 e. The zero-order valence-corrected chi connectivity index (χ0v) is 11.5. The summed E-state index contributed by atoms with van der Waals surface area (Å²) in [4.78, 5) is 23.4. The molecule has 0 radical (unpaired) electrons. The molecule has 1 aromatic carbocycles. The van der Waals surface area contributed by atoms with E-state index in [2.05, 4.69) is 15.5 Å². The van der Waals surface area contributed by atoms with Gasteiger partial charge in [-0.2, -0.15) is 5.10 Å². The van der Waals surface area contributed by atoms with Crippen molar-refractivity contribution < 1.29 is 9.59 Å². The second kappa shape index (κ2) is 4.42. The molecule has 6 heteroatoms. The first-order valence-electron chi connectivity index (χ1n) is 6.83. The highest BCUT2D eigenvalue weighted by Gasteiger charge is 2.24. The molecular weight excluding hydrogens is 280 g/mol. The van der Waals surface area contributed by atoms with E-state index in [-0.39, 0.29) is 5.91 Å². The van der Waals surface area contributed by atoms with Crippen molar-refractivity contribution in [1.29, 1.82) is 0 Å². The highest BCUT2D eigenvalue weighted by atomic mass is 16.2. The lowest BCUT2D eigenvalue weighted by molar-refractivity contribution is 0.0947. The lowest BCUT2D eigenvalue weighted by atomic mass is 10.1. The molecule has 0 saturated carbocycles. The van der Waals surface area contributed by atoms with E-state index in [1.54, 1.807) is 18.2 Å². The Labute approximate surface area is 125 Å². The summed E-state index contributed by atoms with van der Waals surface area (Å²) in [5.41, 5.74) is 10.0. The number of hydrogen-bond donors (Lipinski definition) is 3. The van der Waals surface area contributed by atoms with Crippen LogP contribution in [0.1, 0.15) is 26.4 Å². The first kappa shape index (κ1) is 12.6. The minimum Gasteiger partial charge on any atom is -0.366 e. The molecule has 1 aromatic heterocycles. The maximum absolute atomic E-state index is 12.3. The first-order valence-corrected chi connectivity index (χ1v) is 6.83. The number of nitrogens with zero attached hydrogens (tertiary/aromatic N) is 1. The number of aromatic amines is 1. The molecule has 108 valence electrons. The van der Waals surface area contributed by atoms with Gasteiger partial charge in [-0.3, -0.25) is 14.7 Å². The number of nitrogens with two attached hydrogens (primary N) is 1. The summed E-state index contributed by atoms with van der Waals surface area (Å²) in [7, 11) is 0. The summed E-state index contributed by atoms with van der Waals surface area (Å²) in [5.74, 6) is -0.712. The minimum atomic E-state index is -0.487. The Balaban J connectivity index is 1.51. The van der Waals surface area contributed by atoms with E-state index >= 15 is 0 Å². The van der Waals surface area contributed by atoms with Gasteiger partial charge < -0.3 is 11.1 Å². The van der Waals surface area contributed by atoms with Gasteiger partial charge in [0.2, 0.25) is 5.91 Å². The van der Waals surface area contributed by atoms with Gasteiger partial charge in [-0.25, -0.2) is 0 Å². The Morgan fingerprint density at radius 2 is 2.09 bits per heavy atom. The quantitative estimate of drug-likeness (QED) is 0.532. The Kier molecular flexibility index (Phi) is 2.53. The second-order valence-corrected chi connectivity index (χ2v) is 5.27. The number of carbonyl (C=O) groups is 2. The molecule has 2 amide bonds. The maximum Gasteiger partial charge on any atom is 0.270 e. The van der Waals surface area contributed by atoms with Crippen molar-refractivity contribution >= 4 is 22.7 Å². The van der Waals surface area contributed by atoms with Crippen molar-refractivity contribution in [2.45, 2.75) is 6.54 Å². The Hall–Kier alpha value is -3.15. The van der Waals surface area contributed by atoms with Crippen LogP contribution >= 0.6 is 0 Å². The fourth-order valence-corrected chi connectivity index (χ4v) is 2.57. The highest BCUT2D eigenvalue weighted by Crippen LogP contribution is 2.42. The molecule has 0 atom stereocenters. The van der Waals surface area contributed by atoms with E-state index in [4.69, 9.17) is 5.73 Å². The van der Waals surface area contributed by atoms with Crippen molar-refractivity contribution in [1.82, 2.24) is 15.5 Å². The number of fused-ring (bicyclic) bond motifs is 3. The van der Waals surface area contributed by atoms with Crippen LogP contribution in [0.4, 0.5) is 0 Å². The second-order valence-electron chi connectivity index (χ2n) is 5.27. The average Bonchev–Trinajstić information content (AvgIpc) is 3.00. The van der Waals surface area contributed by atoms with Crippen LogP contribution in [0.25, 0.3) is 22.0 Å². The van der Waals surface area contributed by atoms with Crippen LogP contribution in [0.15, 0.2) is 36.4 Å². The van der Waals surface area contributed by atoms with E-state index in [9.17, 15) is 9.59 Å². The molecule has 4 rings (SSSR count). The van der Waals surface area contributed by atoms with Gasteiger partial charge in [-0.15, -0.1) is 0 Å². The molecule has 6 nitrogen and oxygen atoms in total. The van der Waals surface area contributed by atoms with Gasteiger partial charge in [0.15, 0.2) is 0 Å². The standard InChI is InChI=1S/C16H12N4O2/c17-15(21)9-3-1-2-8(4-9)7-18-16(22)14-12-6-10-5-11(10)13(12)19-20-14/h1-6H,7H2,(H2,17,21)(H,18,22)(H,19,20). The molecule has 0 aliphatic heterocycles. The molecular formula is C16H12N4O2. The maximum atomic E-state index is 12.3. The number of rotatable bonds is 4. The van der Waals surface area contributed by atoms with Gasteiger partial charge in [-0.1, -0.05) is 12.1 Å². The van der Waals surface area contributed by atoms with Crippen LogP contribution in [0.5, 0.6) is 0 Å². The Morgan fingerprint density at radius 1 is 1.23 bits per heavy atom. The molecule has 0 bridgehead atoms. The molecule has 2 aromatic rings. The first-order chi connectivity index (χ1) is 10.6. The summed E-state index contributed by atoms with van der Waals surface area (Å²) < 4.78 is 0. The molecule has 22 heavy (non-hydrogen) atoms. The monoisotopic (exact) mass is 292 g/mol. The predicted molar refractivity (Wildman–Crippen MR) is 81.2 cm³/mol. The Bertz CT molecular complexity index is 942. The van der Waals surface area contributed by atoms with Crippen molar-refractivity contribution in [3.05, 3.63) is 53.2 Å². The van der Waals surface area contributed by atoms with Crippen molar-refractivity contribution in [2.24, 2.45) is 5.73 Å². The number of primary amides is 1. The van der Waals surface area contributed by atoms with Gasteiger partial charge in [0.25, 0.3) is 5.91 Å². The summed E-state index contributed by atoms with van der Waals surface area (Å²) in [6.07, 6.45) is 0. The van der Waals surface area contributed by atoms with Gasteiger partial charge in [0.05, 0.1) is 0 Å². The number of benzene rings is 2. The summed E-state index contributed by atoms with van der Waals surface area (Å²) >= 11 is 0. The van der Waals surface area contributed by atoms with Crippen LogP contribution in [0, 0.1) is 0 Å². The molecule has 2 aliphatic carbocycles. The van der Waals surface area contributed by atoms with E-state index in [1.165, 1.54) is 0 Å². The summed E-state index contributed by atoms with van der Waals surface area (Å²) in [6, 6.07) is 10.9. The van der Waals surface area contributed by atoms with Crippen LogP contribution in [-0.2, 0) is 6.54 Å². The number of aromatic nitrogens is 2. The van der Waals surface area contributed by atoms with E-state index in [0.717, 1.165) is 27.6 Å². The third kappa shape index (κ3) is 1.93.